The number of carboxylic acid groups (broad SMARTS) is 1. The number of amides is 2. The van der Waals surface area contributed by atoms with Crippen molar-refractivity contribution in [2.45, 2.75) is 19.9 Å². The van der Waals surface area contributed by atoms with Gasteiger partial charge < -0.3 is 15.7 Å². The molecule has 0 atom stereocenters. The van der Waals surface area contributed by atoms with Crippen LogP contribution in [0.25, 0.3) is 0 Å². The lowest BCUT2D eigenvalue weighted by Gasteiger charge is -2.18. The second-order valence-electron chi connectivity index (χ2n) is 5.64. The summed E-state index contributed by atoms with van der Waals surface area (Å²) in [7, 11) is 0. The van der Waals surface area contributed by atoms with Crippen LogP contribution >= 0.6 is 0 Å². The molecule has 3 N–H and O–H groups in total. The lowest BCUT2D eigenvalue weighted by atomic mass is 10.0. The van der Waals surface area contributed by atoms with Crippen molar-refractivity contribution in [1.29, 1.82) is 0 Å². The SMILES string of the molecule is Cc1ccc(C(=O)O)cc1CNC(=O)CN1CCCNC(=O)C1. The van der Waals surface area contributed by atoms with Crippen LogP contribution in [0.1, 0.15) is 27.9 Å². The molecule has 2 rings (SSSR count). The van der Waals surface area contributed by atoms with E-state index in [4.69, 9.17) is 5.11 Å². The van der Waals surface area contributed by atoms with Gasteiger partial charge in [0.15, 0.2) is 0 Å². The minimum Gasteiger partial charge on any atom is -0.478 e. The highest BCUT2D eigenvalue weighted by molar-refractivity contribution is 5.88. The van der Waals surface area contributed by atoms with Crippen LogP contribution in [0.2, 0.25) is 0 Å². The van der Waals surface area contributed by atoms with E-state index in [0.717, 1.165) is 17.5 Å². The summed E-state index contributed by atoms with van der Waals surface area (Å²) in [5, 5.41) is 14.6. The number of nitrogens with one attached hydrogen (secondary N) is 2. The molecule has 0 saturated carbocycles. The topological polar surface area (TPSA) is 98.7 Å². The molecule has 2 amide bonds. The zero-order chi connectivity index (χ0) is 16.8. The molecule has 1 fully saturated rings. The van der Waals surface area contributed by atoms with Crippen molar-refractivity contribution in [3.8, 4) is 0 Å². The molecule has 0 spiro atoms. The third kappa shape index (κ3) is 5.07. The number of aryl methyl sites for hydroxylation is 1. The summed E-state index contributed by atoms with van der Waals surface area (Å²) in [5.41, 5.74) is 1.89. The van der Waals surface area contributed by atoms with Crippen molar-refractivity contribution in [2.75, 3.05) is 26.2 Å². The summed E-state index contributed by atoms with van der Waals surface area (Å²) in [6.45, 7) is 3.85. The Bertz CT molecular complexity index is 615. The van der Waals surface area contributed by atoms with Crippen LogP contribution in [-0.2, 0) is 16.1 Å². The van der Waals surface area contributed by atoms with Crippen LogP contribution < -0.4 is 10.6 Å². The van der Waals surface area contributed by atoms with E-state index < -0.39 is 5.97 Å². The number of rotatable bonds is 5. The molecular weight excluding hydrogens is 298 g/mol. The van der Waals surface area contributed by atoms with E-state index in [2.05, 4.69) is 10.6 Å². The van der Waals surface area contributed by atoms with E-state index in [9.17, 15) is 14.4 Å². The highest BCUT2D eigenvalue weighted by Crippen LogP contribution is 2.11. The number of aromatic carboxylic acids is 1. The summed E-state index contributed by atoms with van der Waals surface area (Å²) in [6.07, 6.45) is 0.818. The first-order valence-electron chi connectivity index (χ1n) is 7.54. The van der Waals surface area contributed by atoms with Crippen molar-refractivity contribution in [2.24, 2.45) is 0 Å². The average Bonchev–Trinajstić information content (AvgIpc) is 2.70. The van der Waals surface area contributed by atoms with Gasteiger partial charge in [-0.05, 0) is 36.6 Å². The largest absolute Gasteiger partial charge is 0.478 e. The maximum Gasteiger partial charge on any atom is 0.335 e. The van der Waals surface area contributed by atoms with E-state index in [1.165, 1.54) is 0 Å². The van der Waals surface area contributed by atoms with Crippen molar-refractivity contribution in [3.63, 3.8) is 0 Å². The first-order valence-corrected chi connectivity index (χ1v) is 7.54. The van der Waals surface area contributed by atoms with Gasteiger partial charge >= 0.3 is 5.97 Å². The minimum absolute atomic E-state index is 0.0692. The van der Waals surface area contributed by atoms with E-state index >= 15 is 0 Å². The van der Waals surface area contributed by atoms with Gasteiger partial charge in [0, 0.05) is 19.6 Å². The monoisotopic (exact) mass is 319 g/mol. The molecular formula is C16H21N3O4. The van der Waals surface area contributed by atoms with Gasteiger partial charge in [-0.2, -0.15) is 0 Å². The van der Waals surface area contributed by atoms with Gasteiger partial charge in [-0.3, -0.25) is 14.5 Å². The van der Waals surface area contributed by atoms with Crippen LogP contribution in [0.3, 0.4) is 0 Å². The first-order chi connectivity index (χ1) is 11.0. The maximum absolute atomic E-state index is 12.0. The van der Waals surface area contributed by atoms with E-state index in [1.807, 2.05) is 6.92 Å². The number of carboxylic acids is 1. The van der Waals surface area contributed by atoms with E-state index in [1.54, 1.807) is 23.1 Å². The number of hydrogen-bond acceptors (Lipinski definition) is 4. The smallest absolute Gasteiger partial charge is 0.335 e. The molecule has 0 bridgehead atoms. The molecule has 7 heteroatoms. The third-order valence-corrected chi connectivity index (χ3v) is 3.78. The quantitative estimate of drug-likeness (QED) is 0.716. The molecule has 0 unspecified atom stereocenters. The number of nitrogens with zero attached hydrogens (tertiary/aromatic N) is 1. The molecule has 1 saturated heterocycles. The minimum atomic E-state index is -0.992. The highest BCUT2D eigenvalue weighted by Gasteiger charge is 2.17. The molecule has 1 aliphatic rings. The molecule has 7 nitrogen and oxygen atoms in total. The molecule has 1 aliphatic heterocycles. The zero-order valence-corrected chi connectivity index (χ0v) is 13.1. The van der Waals surface area contributed by atoms with Gasteiger partial charge in [0.2, 0.25) is 11.8 Å². The van der Waals surface area contributed by atoms with Crippen LogP contribution in [0, 0.1) is 6.92 Å². The standard InChI is InChI=1S/C16H21N3O4/c1-11-3-4-12(16(22)23)7-13(11)8-18-15(21)10-19-6-2-5-17-14(20)9-19/h3-4,7H,2,5-6,8-10H2,1H3,(H,17,20)(H,18,21)(H,22,23). The van der Waals surface area contributed by atoms with Gasteiger partial charge in [-0.1, -0.05) is 6.07 Å². The zero-order valence-electron chi connectivity index (χ0n) is 13.1. The number of carbonyl (C=O) groups excluding carboxylic acids is 2. The molecule has 1 aromatic carbocycles. The molecule has 0 radical (unpaired) electrons. The Morgan fingerprint density at radius 1 is 1.39 bits per heavy atom. The number of benzene rings is 1. The van der Waals surface area contributed by atoms with Crippen molar-refractivity contribution in [1.82, 2.24) is 15.5 Å². The average molecular weight is 319 g/mol. The Morgan fingerprint density at radius 2 is 2.17 bits per heavy atom. The lowest BCUT2D eigenvalue weighted by Crippen LogP contribution is -2.40. The van der Waals surface area contributed by atoms with Crippen molar-refractivity contribution in [3.05, 3.63) is 34.9 Å². The van der Waals surface area contributed by atoms with Gasteiger partial charge in [-0.25, -0.2) is 4.79 Å². The van der Waals surface area contributed by atoms with E-state index in [-0.39, 0.29) is 37.0 Å². The second kappa shape index (κ2) is 7.73. The molecule has 0 aliphatic carbocycles. The van der Waals surface area contributed by atoms with Gasteiger partial charge in [0.25, 0.3) is 0 Å². The predicted octanol–water partition coefficient (Wildman–Crippen LogP) is 0.131. The molecule has 23 heavy (non-hydrogen) atoms. The molecule has 0 aromatic heterocycles. The van der Waals surface area contributed by atoms with Gasteiger partial charge in [0.05, 0.1) is 18.7 Å². The van der Waals surface area contributed by atoms with Crippen LogP contribution in [0.15, 0.2) is 18.2 Å². The summed E-state index contributed by atoms with van der Waals surface area (Å²) in [6, 6.07) is 4.83. The maximum atomic E-state index is 12.0. The van der Waals surface area contributed by atoms with Crippen molar-refractivity contribution >= 4 is 17.8 Å². The number of carbonyl (C=O) groups is 3. The summed E-state index contributed by atoms with van der Waals surface area (Å²) in [4.78, 5) is 36.3. The summed E-state index contributed by atoms with van der Waals surface area (Å²) in [5.74, 6) is -1.24. The fourth-order valence-corrected chi connectivity index (χ4v) is 2.45. The highest BCUT2D eigenvalue weighted by atomic mass is 16.4. The normalized spacial score (nSPS) is 15.6. The predicted molar refractivity (Wildman–Crippen MR) is 84.1 cm³/mol. The Kier molecular flexibility index (Phi) is 5.70. The fourth-order valence-electron chi connectivity index (χ4n) is 2.45. The summed E-state index contributed by atoms with van der Waals surface area (Å²) < 4.78 is 0. The van der Waals surface area contributed by atoms with E-state index in [0.29, 0.717) is 13.1 Å². The summed E-state index contributed by atoms with van der Waals surface area (Å²) >= 11 is 0. The fraction of sp³-hybridized carbons (Fsp3) is 0.438. The van der Waals surface area contributed by atoms with Gasteiger partial charge in [-0.15, -0.1) is 0 Å². The first kappa shape index (κ1) is 17.0. The Hall–Kier alpha value is -2.41. The third-order valence-electron chi connectivity index (χ3n) is 3.78. The lowest BCUT2D eigenvalue weighted by molar-refractivity contribution is -0.124. The van der Waals surface area contributed by atoms with Crippen LogP contribution in [-0.4, -0.2) is 54.0 Å². The van der Waals surface area contributed by atoms with Crippen LogP contribution in [0.5, 0.6) is 0 Å². The second-order valence-corrected chi connectivity index (χ2v) is 5.64. The Labute approximate surface area is 134 Å². The Morgan fingerprint density at radius 3 is 2.91 bits per heavy atom. The number of hydrogen-bond donors (Lipinski definition) is 3. The Balaban J connectivity index is 1.90. The molecule has 1 aromatic rings. The van der Waals surface area contributed by atoms with Crippen molar-refractivity contribution < 1.29 is 19.5 Å². The van der Waals surface area contributed by atoms with Gasteiger partial charge in [0.1, 0.15) is 0 Å². The molecule has 124 valence electrons. The molecule has 1 heterocycles. The van der Waals surface area contributed by atoms with Crippen LogP contribution in [0.4, 0.5) is 0 Å².